The van der Waals surface area contributed by atoms with Gasteiger partial charge in [0.25, 0.3) is 0 Å². The molecule has 0 aliphatic rings. The molecule has 6 heteroatoms. The smallest absolute Gasteiger partial charge is 0.147 e. The summed E-state index contributed by atoms with van der Waals surface area (Å²) in [5, 5.41) is 13.5. The highest BCUT2D eigenvalue weighted by atomic mass is 79.9. The molecule has 2 aromatic heterocycles. The Morgan fingerprint density at radius 3 is 2.79 bits per heavy atom. The van der Waals surface area contributed by atoms with E-state index < -0.39 is 5.54 Å². The van der Waals surface area contributed by atoms with Gasteiger partial charge in [0.15, 0.2) is 0 Å². The largest absolute Gasteiger partial charge is 0.301 e. The zero-order chi connectivity index (χ0) is 14.0. The van der Waals surface area contributed by atoms with Gasteiger partial charge in [0.1, 0.15) is 29.3 Å². The SMILES string of the molecule is CC(C)(C=O)n1cc(C#N)c(-c2ncccc2Br)n1. The van der Waals surface area contributed by atoms with Crippen molar-refractivity contribution < 1.29 is 4.79 Å². The quantitative estimate of drug-likeness (QED) is 0.815. The van der Waals surface area contributed by atoms with Gasteiger partial charge < -0.3 is 4.79 Å². The Balaban J connectivity index is 2.63. The van der Waals surface area contributed by atoms with Crippen LogP contribution in [0.25, 0.3) is 11.4 Å². The summed E-state index contributed by atoms with van der Waals surface area (Å²) in [6, 6.07) is 5.69. The average molecular weight is 319 g/mol. The molecule has 0 aliphatic heterocycles. The maximum Gasteiger partial charge on any atom is 0.147 e. The standard InChI is InChI=1S/C13H11BrN4O/c1-13(2,8-19)18-7-9(6-15)11(17-18)12-10(14)4-3-5-16-12/h3-5,7-8H,1-2H3. The molecule has 0 aliphatic carbocycles. The van der Waals surface area contributed by atoms with Gasteiger partial charge >= 0.3 is 0 Å². The Kier molecular flexibility index (Phi) is 3.49. The molecular weight excluding hydrogens is 308 g/mol. The minimum absolute atomic E-state index is 0.384. The summed E-state index contributed by atoms with van der Waals surface area (Å²) < 4.78 is 2.23. The molecule has 0 N–H and O–H groups in total. The van der Waals surface area contributed by atoms with Gasteiger partial charge in [-0.3, -0.25) is 9.67 Å². The molecule has 0 saturated heterocycles. The van der Waals surface area contributed by atoms with E-state index in [1.807, 2.05) is 6.07 Å². The van der Waals surface area contributed by atoms with Crippen LogP contribution in [0.15, 0.2) is 29.0 Å². The molecule has 96 valence electrons. The van der Waals surface area contributed by atoms with Gasteiger partial charge in [0.05, 0.1) is 5.56 Å². The number of carbonyl (C=O) groups is 1. The summed E-state index contributed by atoms with van der Waals surface area (Å²) >= 11 is 3.38. The molecule has 19 heavy (non-hydrogen) atoms. The van der Waals surface area contributed by atoms with Gasteiger partial charge in [-0.25, -0.2) is 0 Å². The molecule has 2 heterocycles. The number of hydrogen-bond acceptors (Lipinski definition) is 4. The molecule has 0 atom stereocenters. The third-order valence-corrected chi connectivity index (χ3v) is 3.34. The molecule has 0 amide bonds. The van der Waals surface area contributed by atoms with Crippen LogP contribution in [-0.4, -0.2) is 21.1 Å². The minimum Gasteiger partial charge on any atom is -0.301 e. The van der Waals surface area contributed by atoms with Crippen molar-refractivity contribution in [2.45, 2.75) is 19.4 Å². The van der Waals surface area contributed by atoms with Crippen LogP contribution in [0.4, 0.5) is 0 Å². The van der Waals surface area contributed by atoms with Crippen molar-refractivity contribution in [3.63, 3.8) is 0 Å². The number of nitrogens with zero attached hydrogens (tertiary/aromatic N) is 4. The van der Waals surface area contributed by atoms with Crippen molar-refractivity contribution in [2.24, 2.45) is 0 Å². The van der Waals surface area contributed by atoms with Gasteiger partial charge in [0.2, 0.25) is 0 Å². The zero-order valence-corrected chi connectivity index (χ0v) is 12.0. The lowest BCUT2D eigenvalue weighted by Gasteiger charge is -2.16. The van der Waals surface area contributed by atoms with Crippen LogP contribution >= 0.6 is 15.9 Å². The first-order valence-electron chi connectivity index (χ1n) is 5.57. The summed E-state index contributed by atoms with van der Waals surface area (Å²) in [4.78, 5) is 15.3. The van der Waals surface area contributed by atoms with Gasteiger partial charge in [-0.05, 0) is 41.9 Å². The second kappa shape index (κ2) is 4.94. The fourth-order valence-corrected chi connectivity index (χ4v) is 1.98. The van der Waals surface area contributed by atoms with Crippen LogP contribution in [0, 0.1) is 11.3 Å². The van der Waals surface area contributed by atoms with E-state index in [1.165, 1.54) is 4.68 Å². The molecule has 2 aromatic rings. The molecular formula is C13H11BrN4O. The number of aldehydes is 1. The van der Waals surface area contributed by atoms with E-state index in [0.29, 0.717) is 17.0 Å². The number of halogens is 1. The summed E-state index contributed by atoms with van der Waals surface area (Å²) in [5.74, 6) is 0. The first kappa shape index (κ1) is 13.4. The highest BCUT2D eigenvalue weighted by Gasteiger charge is 2.24. The Morgan fingerprint density at radius 1 is 1.47 bits per heavy atom. The molecule has 0 spiro atoms. The van der Waals surface area contributed by atoms with Crippen molar-refractivity contribution in [3.8, 4) is 17.5 Å². The third kappa shape index (κ3) is 2.42. The predicted molar refractivity (Wildman–Crippen MR) is 73.3 cm³/mol. The van der Waals surface area contributed by atoms with Crippen LogP contribution in [-0.2, 0) is 10.3 Å². The van der Waals surface area contributed by atoms with Gasteiger partial charge in [-0.2, -0.15) is 10.4 Å². The summed E-state index contributed by atoms with van der Waals surface area (Å²) in [6.07, 6.45) is 3.98. The van der Waals surface area contributed by atoms with Crippen molar-refractivity contribution in [1.82, 2.24) is 14.8 Å². The zero-order valence-electron chi connectivity index (χ0n) is 10.5. The second-order valence-corrected chi connectivity index (χ2v) is 5.41. The number of aromatic nitrogens is 3. The minimum atomic E-state index is -0.800. The number of pyridine rings is 1. The van der Waals surface area contributed by atoms with Crippen LogP contribution in [0.2, 0.25) is 0 Å². The highest BCUT2D eigenvalue weighted by Crippen LogP contribution is 2.28. The van der Waals surface area contributed by atoms with E-state index in [9.17, 15) is 10.1 Å². The lowest BCUT2D eigenvalue weighted by Crippen LogP contribution is -2.28. The predicted octanol–water partition coefficient (Wildman–Crippen LogP) is 2.51. The van der Waals surface area contributed by atoms with Crippen molar-refractivity contribution in [1.29, 1.82) is 5.26 Å². The normalized spacial score (nSPS) is 11.1. The van der Waals surface area contributed by atoms with Gasteiger partial charge in [0, 0.05) is 16.9 Å². The summed E-state index contributed by atoms with van der Waals surface area (Å²) in [7, 11) is 0. The van der Waals surface area contributed by atoms with Crippen molar-refractivity contribution in [2.75, 3.05) is 0 Å². The van der Waals surface area contributed by atoms with E-state index in [2.05, 4.69) is 32.1 Å². The first-order valence-corrected chi connectivity index (χ1v) is 6.36. The summed E-state index contributed by atoms with van der Waals surface area (Å²) in [6.45, 7) is 3.46. The lowest BCUT2D eigenvalue weighted by molar-refractivity contribution is -0.114. The van der Waals surface area contributed by atoms with Crippen LogP contribution in [0.3, 0.4) is 0 Å². The molecule has 0 fully saturated rings. The summed E-state index contributed by atoms with van der Waals surface area (Å²) in [5.41, 5.74) is 0.629. The van der Waals surface area contributed by atoms with Crippen LogP contribution < -0.4 is 0 Å². The van der Waals surface area contributed by atoms with E-state index in [0.717, 1.165) is 10.8 Å². The maximum absolute atomic E-state index is 11.1. The molecule has 2 rings (SSSR count). The van der Waals surface area contributed by atoms with E-state index in [4.69, 9.17) is 0 Å². The number of carbonyl (C=O) groups excluding carboxylic acids is 1. The third-order valence-electron chi connectivity index (χ3n) is 2.70. The van der Waals surface area contributed by atoms with Crippen LogP contribution in [0.5, 0.6) is 0 Å². The monoisotopic (exact) mass is 318 g/mol. The van der Waals surface area contributed by atoms with Crippen molar-refractivity contribution >= 4 is 22.2 Å². The second-order valence-electron chi connectivity index (χ2n) is 4.55. The highest BCUT2D eigenvalue weighted by molar-refractivity contribution is 9.10. The molecule has 0 radical (unpaired) electrons. The van der Waals surface area contributed by atoms with Gasteiger partial charge in [-0.1, -0.05) is 0 Å². The Hall–Kier alpha value is -2.00. The van der Waals surface area contributed by atoms with Crippen molar-refractivity contribution in [3.05, 3.63) is 34.6 Å². The first-order chi connectivity index (χ1) is 8.99. The fraction of sp³-hybridized carbons (Fsp3) is 0.231. The Labute approximate surface area is 119 Å². The molecule has 5 nitrogen and oxygen atoms in total. The van der Waals surface area contributed by atoms with E-state index in [-0.39, 0.29) is 0 Å². The topological polar surface area (TPSA) is 71.6 Å². The molecule has 0 aromatic carbocycles. The Morgan fingerprint density at radius 2 is 2.21 bits per heavy atom. The van der Waals surface area contributed by atoms with Gasteiger partial charge in [-0.15, -0.1) is 0 Å². The molecule has 0 bridgehead atoms. The number of hydrogen-bond donors (Lipinski definition) is 0. The number of nitriles is 1. The van der Waals surface area contributed by atoms with E-state index >= 15 is 0 Å². The van der Waals surface area contributed by atoms with Crippen LogP contribution in [0.1, 0.15) is 19.4 Å². The van der Waals surface area contributed by atoms with E-state index in [1.54, 1.807) is 32.3 Å². The Bertz CT molecular complexity index is 670. The number of rotatable bonds is 3. The average Bonchev–Trinajstić information content (AvgIpc) is 2.84. The lowest BCUT2D eigenvalue weighted by atomic mass is 10.1. The fourth-order valence-electron chi connectivity index (χ4n) is 1.54. The molecule has 0 unspecified atom stereocenters. The molecule has 0 saturated carbocycles. The maximum atomic E-state index is 11.1.